The molecule has 2 rings (SSSR count). The zero-order valence-electron chi connectivity index (χ0n) is 12.3. The van der Waals surface area contributed by atoms with Crippen LogP contribution in [0.2, 0.25) is 5.02 Å². The van der Waals surface area contributed by atoms with E-state index in [1.807, 2.05) is 0 Å². The van der Waals surface area contributed by atoms with E-state index < -0.39 is 0 Å². The van der Waals surface area contributed by atoms with Crippen LogP contribution in [0.25, 0.3) is 0 Å². The third-order valence-electron chi connectivity index (χ3n) is 3.57. The van der Waals surface area contributed by atoms with Gasteiger partial charge in [0.25, 0.3) is 0 Å². The number of amides is 1. The number of hydrogen-bond acceptors (Lipinski definition) is 2. The number of rotatable bonds is 8. The van der Waals surface area contributed by atoms with Crippen LogP contribution in [0.4, 0.5) is 4.39 Å². The Bertz CT molecular complexity index is 471. The van der Waals surface area contributed by atoms with Crippen LogP contribution in [0.5, 0.6) is 0 Å². The summed E-state index contributed by atoms with van der Waals surface area (Å²) in [5, 5.41) is 0.361. The zero-order valence-corrected chi connectivity index (χ0v) is 13.0. The van der Waals surface area contributed by atoms with Gasteiger partial charge in [0.2, 0.25) is 5.91 Å². The summed E-state index contributed by atoms with van der Waals surface area (Å²) in [5.41, 5.74) is 0.382. The second-order valence-corrected chi connectivity index (χ2v) is 5.77. The van der Waals surface area contributed by atoms with E-state index in [0.717, 1.165) is 25.7 Å². The fraction of sp³-hybridized carbons (Fsp3) is 0.562. The van der Waals surface area contributed by atoms with Crippen molar-refractivity contribution in [1.82, 2.24) is 4.90 Å². The Morgan fingerprint density at radius 3 is 2.86 bits per heavy atom. The molecule has 0 unspecified atom stereocenters. The third kappa shape index (κ3) is 4.68. The molecule has 0 radical (unpaired) electrons. The standard InChI is InChI=1S/C16H21ClFNO2/c1-2-3-9-21-11-16(20)19(12-7-8-12)10-13-14(17)5-4-6-15(13)18/h4-6,12H,2-3,7-11H2,1H3. The van der Waals surface area contributed by atoms with Crippen LogP contribution in [0, 0.1) is 5.82 Å². The number of hydrogen-bond donors (Lipinski definition) is 0. The molecule has 0 bridgehead atoms. The minimum atomic E-state index is -0.368. The van der Waals surface area contributed by atoms with Crippen molar-refractivity contribution in [3.8, 4) is 0 Å². The lowest BCUT2D eigenvalue weighted by molar-refractivity contribution is -0.137. The highest BCUT2D eigenvalue weighted by molar-refractivity contribution is 6.31. The molecule has 1 aliphatic carbocycles. The second-order valence-electron chi connectivity index (χ2n) is 5.36. The van der Waals surface area contributed by atoms with Crippen LogP contribution >= 0.6 is 11.6 Å². The molecule has 116 valence electrons. The van der Waals surface area contributed by atoms with Gasteiger partial charge in [-0.3, -0.25) is 4.79 Å². The van der Waals surface area contributed by atoms with Crippen molar-refractivity contribution in [1.29, 1.82) is 0 Å². The molecule has 1 fully saturated rings. The van der Waals surface area contributed by atoms with Gasteiger partial charge >= 0.3 is 0 Å². The first-order valence-corrected chi connectivity index (χ1v) is 7.81. The highest BCUT2D eigenvalue weighted by Gasteiger charge is 2.33. The Balaban J connectivity index is 1.97. The highest BCUT2D eigenvalue weighted by atomic mass is 35.5. The van der Waals surface area contributed by atoms with E-state index in [1.54, 1.807) is 17.0 Å². The molecular formula is C16H21ClFNO2. The zero-order chi connectivity index (χ0) is 15.2. The lowest BCUT2D eigenvalue weighted by Gasteiger charge is -2.23. The molecule has 0 aromatic heterocycles. The largest absolute Gasteiger partial charge is 0.372 e. The molecular weight excluding hydrogens is 293 g/mol. The van der Waals surface area contributed by atoms with Crippen LogP contribution < -0.4 is 0 Å². The summed E-state index contributed by atoms with van der Waals surface area (Å²) in [7, 11) is 0. The summed E-state index contributed by atoms with van der Waals surface area (Å²) < 4.78 is 19.2. The predicted octanol–water partition coefficient (Wildman–Crippen LogP) is 3.79. The van der Waals surface area contributed by atoms with Gasteiger partial charge < -0.3 is 9.64 Å². The topological polar surface area (TPSA) is 29.5 Å². The molecule has 1 aliphatic rings. The summed E-state index contributed by atoms with van der Waals surface area (Å²) in [6.45, 7) is 2.93. The number of benzene rings is 1. The number of halogens is 2. The van der Waals surface area contributed by atoms with E-state index in [1.165, 1.54) is 6.07 Å². The summed E-state index contributed by atoms with van der Waals surface area (Å²) in [5.74, 6) is -0.458. The van der Waals surface area contributed by atoms with Crippen molar-refractivity contribution < 1.29 is 13.9 Å². The summed E-state index contributed by atoms with van der Waals surface area (Å²) >= 11 is 6.04. The highest BCUT2D eigenvalue weighted by Crippen LogP contribution is 2.30. The maximum Gasteiger partial charge on any atom is 0.249 e. The van der Waals surface area contributed by atoms with Crippen molar-refractivity contribution >= 4 is 17.5 Å². The first kappa shape index (κ1) is 16.2. The molecule has 0 saturated heterocycles. The van der Waals surface area contributed by atoms with Gasteiger partial charge in [0, 0.05) is 23.2 Å². The van der Waals surface area contributed by atoms with Gasteiger partial charge in [0.1, 0.15) is 12.4 Å². The molecule has 0 heterocycles. The van der Waals surface area contributed by atoms with Crippen LogP contribution in [-0.4, -0.2) is 30.1 Å². The molecule has 0 atom stereocenters. The van der Waals surface area contributed by atoms with Crippen molar-refractivity contribution in [2.75, 3.05) is 13.2 Å². The third-order valence-corrected chi connectivity index (χ3v) is 3.92. The van der Waals surface area contributed by atoms with Crippen molar-refractivity contribution in [3.63, 3.8) is 0 Å². The fourth-order valence-corrected chi connectivity index (χ4v) is 2.37. The average molecular weight is 314 g/mol. The number of ether oxygens (including phenoxy) is 1. The number of carbonyl (C=O) groups excluding carboxylic acids is 1. The van der Waals surface area contributed by atoms with E-state index >= 15 is 0 Å². The van der Waals surface area contributed by atoms with E-state index in [9.17, 15) is 9.18 Å². The van der Waals surface area contributed by atoms with E-state index in [4.69, 9.17) is 16.3 Å². The number of carbonyl (C=O) groups is 1. The van der Waals surface area contributed by atoms with Gasteiger partial charge in [-0.25, -0.2) is 4.39 Å². The van der Waals surface area contributed by atoms with Crippen molar-refractivity contribution in [2.24, 2.45) is 0 Å². The maximum atomic E-state index is 13.9. The van der Waals surface area contributed by atoms with E-state index in [2.05, 4.69) is 6.92 Å². The lowest BCUT2D eigenvalue weighted by atomic mass is 10.2. The molecule has 21 heavy (non-hydrogen) atoms. The summed E-state index contributed by atoms with van der Waals surface area (Å²) in [6.07, 6.45) is 3.90. The molecule has 0 N–H and O–H groups in total. The van der Waals surface area contributed by atoms with Crippen LogP contribution in [-0.2, 0) is 16.1 Å². The Morgan fingerprint density at radius 2 is 2.24 bits per heavy atom. The maximum absolute atomic E-state index is 13.9. The monoisotopic (exact) mass is 313 g/mol. The SMILES string of the molecule is CCCCOCC(=O)N(Cc1c(F)cccc1Cl)C1CC1. The van der Waals surface area contributed by atoms with Crippen LogP contribution in [0.3, 0.4) is 0 Å². The molecule has 1 aromatic rings. The van der Waals surface area contributed by atoms with Crippen molar-refractivity contribution in [2.45, 2.75) is 45.2 Å². The van der Waals surface area contributed by atoms with Gasteiger partial charge in [0.15, 0.2) is 0 Å². The molecule has 1 aromatic carbocycles. The van der Waals surface area contributed by atoms with Crippen molar-refractivity contribution in [3.05, 3.63) is 34.6 Å². The van der Waals surface area contributed by atoms with Gasteiger partial charge in [0.05, 0.1) is 6.54 Å². The first-order valence-electron chi connectivity index (χ1n) is 7.43. The Kier molecular flexibility index (Phi) is 6.00. The van der Waals surface area contributed by atoms with Gasteiger partial charge in [-0.1, -0.05) is 31.0 Å². The first-order chi connectivity index (χ1) is 10.1. The van der Waals surface area contributed by atoms with Crippen LogP contribution in [0.15, 0.2) is 18.2 Å². The quantitative estimate of drug-likeness (QED) is 0.683. The molecule has 3 nitrogen and oxygen atoms in total. The summed E-state index contributed by atoms with van der Waals surface area (Å²) in [6, 6.07) is 4.78. The van der Waals surface area contributed by atoms with Gasteiger partial charge in [-0.2, -0.15) is 0 Å². The van der Waals surface area contributed by atoms with Gasteiger partial charge in [-0.15, -0.1) is 0 Å². The summed E-state index contributed by atoms with van der Waals surface area (Å²) in [4.78, 5) is 13.9. The van der Waals surface area contributed by atoms with Crippen LogP contribution in [0.1, 0.15) is 38.2 Å². The Hall–Kier alpha value is -1.13. The average Bonchev–Trinajstić information content (AvgIpc) is 3.27. The minimum Gasteiger partial charge on any atom is -0.372 e. The predicted molar refractivity (Wildman–Crippen MR) is 80.7 cm³/mol. The number of unbranched alkanes of at least 4 members (excludes halogenated alkanes) is 1. The van der Waals surface area contributed by atoms with E-state index in [-0.39, 0.29) is 30.9 Å². The second kappa shape index (κ2) is 7.76. The number of nitrogens with zero attached hydrogens (tertiary/aromatic N) is 1. The van der Waals surface area contributed by atoms with Gasteiger partial charge in [-0.05, 0) is 31.4 Å². The molecule has 5 heteroatoms. The smallest absolute Gasteiger partial charge is 0.249 e. The molecule has 0 spiro atoms. The lowest BCUT2D eigenvalue weighted by Crippen LogP contribution is -2.35. The molecule has 0 aliphatic heterocycles. The molecule has 1 saturated carbocycles. The van der Waals surface area contributed by atoms with E-state index in [0.29, 0.717) is 17.2 Å². The Labute approximate surface area is 130 Å². The minimum absolute atomic E-state index is 0.0581. The molecule has 1 amide bonds. The Morgan fingerprint density at radius 1 is 1.48 bits per heavy atom. The fourth-order valence-electron chi connectivity index (χ4n) is 2.15. The normalized spacial score (nSPS) is 14.2.